The fraction of sp³-hybridized carbons (Fsp3) is 0.111. The summed E-state index contributed by atoms with van der Waals surface area (Å²) in [5.41, 5.74) is 4.72. The lowest BCUT2D eigenvalue weighted by molar-refractivity contribution is -0.132. The molecule has 0 bridgehead atoms. The Balaban J connectivity index is 3.22. The lowest BCUT2D eigenvalue weighted by Gasteiger charge is -2.07. The van der Waals surface area contributed by atoms with Crippen molar-refractivity contribution >= 4 is 33.3 Å². The van der Waals surface area contributed by atoms with Crippen molar-refractivity contribution in [2.75, 3.05) is 12.8 Å². The van der Waals surface area contributed by atoms with Crippen LogP contribution in [-0.2, 0) is 9.53 Å². The van der Waals surface area contributed by atoms with E-state index in [4.69, 9.17) is 11.1 Å². The quantitative estimate of drug-likeness (QED) is 0.490. The first-order valence-corrected chi connectivity index (χ1v) is 4.69. The molecule has 0 saturated carbocycles. The standard InChI is InChI=1S/C9H8BrFN2O2/c1-15-9(14)8(13)4-2-3-5(10)6(11)7(4)12/h2-3,13H,12H2,1H3. The minimum Gasteiger partial charge on any atom is -0.464 e. The molecule has 0 unspecified atom stereocenters. The molecule has 0 aliphatic carbocycles. The first kappa shape index (κ1) is 11.6. The molecule has 0 fully saturated rings. The highest BCUT2D eigenvalue weighted by Gasteiger charge is 2.18. The Morgan fingerprint density at radius 1 is 1.60 bits per heavy atom. The molecule has 0 atom stereocenters. The molecule has 6 heteroatoms. The van der Waals surface area contributed by atoms with Gasteiger partial charge in [-0.15, -0.1) is 0 Å². The summed E-state index contributed by atoms with van der Waals surface area (Å²) in [5.74, 6) is -1.55. The molecule has 0 amide bonds. The zero-order valence-corrected chi connectivity index (χ0v) is 9.39. The fourth-order valence-electron chi connectivity index (χ4n) is 0.996. The molecule has 0 spiro atoms. The number of methoxy groups -OCH3 is 1. The molecular weight excluding hydrogens is 267 g/mol. The van der Waals surface area contributed by atoms with E-state index in [1.807, 2.05) is 0 Å². The van der Waals surface area contributed by atoms with Gasteiger partial charge in [-0.25, -0.2) is 9.18 Å². The Morgan fingerprint density at radius 3 is 2.73 bits per heavy atom. The summed E-state index contributed by atoms with van der Waals surface area (Å²) in [6, 6.07) is 2.75. The van der Waals surface area contributed by atoms with E-state index >= 15 is 0 Å². The topological polar surface area (TPSA) is 76.2 Å². The van der Waals surface area contributed by atoms with Gasteiger partial charge in [-0.2, -0.15) is 0 Å². The summed E-state index contributed by atoms with van der Waals surface area (Å²) >= 11 is 2.94. The average Bonchev–Trinajstić information content (AvgIpc) is 2.24. The lowest BCUT2D eigenvalue weighted by Crippen LogP contribution is -2.18. The highest BCUT2D eigenvalue weighted by atomic mass is 79.9. The molecule has 0 aliphatic heterocycles. The molecule has 3 N–H and O–H groups in total. The Kier molecular flexibility index (Phi) is 3.41. The molecule has 0 heterocycles. The zero-order valence-electron chi connectivity index (χ0n) is 7.80. The second kappa shape index (κ2) is 4.39. The van der Waals surface area contributed by atoms with Crippen LogP contribution >= 0.6 is 15.9 Å². The number of hydrogen-bond acceptors (Lipinski definition) is 4. The monoisotopic (exact) mass is 274 g/mol. The van der Waals surface area contributed by atoms with Crippen molar-refractivity contribution < 1.29 is 13.9 Å². The largest absolute Gasteiger partial charge is 0.464 e. The van der Waals surface area contributed by atoms with Gasteiger partial charge in [-0.1, -0.05) is 0 Å². The number of carbonyl (C=O) groups is 1. The average molecular weight is 275 g/mol. The van der Waals surface area contributed by atoms with Crippen LogP contribution in [0.5, 0.6) is 0 Å². The van der Waals surface area contributed by atoms with Crippen LogP contribution in [0.25, 0.3) is 0 Å². The van der Waals surface area contributed by atoms with E-state index in [1.54, 1.807) is 0 Å². The van der Waals surface area contributed by atoms with Gasteiger partial charge in [-0.05, 0) is 28.1 Å². The van der Waals surface area contributed by atoms with Crippen molar-refractivity contribution in [3.63, 3.8) is 0 Å². The van der Waals surface area contributed by atoms with Crippen molar-refractivity contribution in [2.24, 2.45) is 0 Å². The number of ether oxygens (including phenoxy) is 1. The summed E-state index contributed by atoms with van der Waals surface area (Å²) in [6.07, 6.45) is 0. The van der Waals surface area contributed by atoms with Gasteiger partial charge in [0.05, 0.1) is 17.3 Å². The van der Waals surface area contributed by atoms with Crippen LogP contribution in [0.15, 0.2) is 16.6 Å². The van der Waals surface area contributed by atoms with E-state index in [0.29, 0.717) is 0 Å². The number of hydrogen-bond donors (Lipinski definition) is 2. The van der Waals surface area contributed by atoms with E-state index in [0.717, 1.165) is 7.11 Å². The van der Waals surface area contributed by atoms with E-state index in [9.17, 15) is 9.18 Å². The number of anilines is 1. The summed E-state index contributed by atoms with van der Waals surface area (Å²) in [7, 11) is 1.14. The number of carbonyl (C=O) groups excluding carboxylic acids is 1. The maximum atomic E-state index is 13.3. The Labute approximate surface area is 93.9 Å². The molecule has 0 aromatic heterocycles. The highest BCUT2D eigenvalue weighted by Crippen LogP contribution is 2.24. The SMILES string of the molecule is COC(=O)C(=N)c1ccc(Br)c(F)c1N. The normalized spacial score (nSPS) is 9.80. The van der Waals surface area contributed by atoms with Gasteiger partial charge in [0.25, 0.3) is 0 Å². The fourth-order valence-corrected chi connectivity index (χ4v) is 1.34. The van der Waals surface area contributed by atoms with Gasteiger partial charge in [0.1, 0.15) is 5.71 Å². The minimum absolute atomic E-state index is 0.0163. The van der Waals surface area contributed by atoms with Gasteiger partial charge in [-0.3, -0.25) is 5.41 Å². The predicted molar refractivity (Wildman–Crippen MR) is 57.4 cm³/mol. The number of rotatable bonds is 2. The molecule has 1 aromatic carbocycles. The Morgan fingerprint density at radius 2 is 2.20 bits per heavy atom. The summed E-state index contributed by atoms with van der Waals surface area (Å²) in [4.78, 5) is 11.0. The van der Waals surface area contributed by atoms with E-state index in [-0.39, 0.29) is 15.7 Å². The predicted octanol–water partition coefficient (Wildman–Crippen LogP) is 1.71. The van der Waals surface area contributed by atoms with E-state index in [1.165, 1.54) is 12.1 Å². The summed E-state index contributed by atoms with van der Waals surface area (Å²) in [6.45, 7) is 0. The van der Waals surface area contributed by atoms with Crippen molar-refractivity contribution in [3.8, 4) is 0 Å². The van der Waals surface area contributed by atoms with Crippen LogP contribution in [-0.4, -0.2) is 18.8 Å². The number of nitrogens with two attached hydrogens (primary N) is 1. The third-order valence-electron chi connectivity index (χ3n) is 1.79. The molecule has 1 aromatic rings. The third kappa shape index (κ3) is 2.15. The van der Waals surface area contributed by atoms with Crippen LogP contribution in [0.4, 0.5) is 10.1 Å². The van der Waals surface area contributed by atoms with Crippen LogP contribution < -0.4 is 5.73 Å². The number of nitrogen functional groups attached to an aromatic ring is 1. The first-order chi connectivity index (χ1) is 6.99. The van der Waals surface area contributed by atoms with Crippen molar-refractivity contribution in [3.05, 3.63) is 28.0 Å². The Bertz CT molecular complexity index is 434. The summed E-state index contributed by atoms with van der Waals surface area (Å²) < 4.78 is 17.8. The molecule has 15 heavy (non-hydrogen) atoms. The highest BCUT2D eigenvalue weighted by molar-refractivity contribution is 9.10. The Hall–Kier alpha value is -1.43. The molecule has 0 radical (unpaired) electrons. The smallest absolute Gasteiger partial charge is 0.356 e. The van der Waals surface area contributed by atoms with Crippen LogP contribution in [0.2, 0.25) is 0 Å². The lowest BCUT2D eigenvalue weighted by atomic mass is 10.1. The second-order valence-electron chi connectivity index (χ2n) is 2.69. The first-order valence-electron chi connectivity index (χ1n) is 3.89. The van der Waals surface area contributed by atoms with Crippen LogP contribution in [0.3, 0.4) is 0 Å². The third-order valence-corrected chi connectivity index (χ3v) is 2.40. The van der Waals surface area contributed by atoms with Crippen molar-refractivity contribution in [1.29, 1.82) is 5.41 Å². The van der Waals surface area contributed by atoms with E-state index in [2.05, 4.69) is 20.7 Å². The molecule has 0 saturated heterocycles. The number of esters is 1. The molecule has 4 nitrogen and oxygen atoms in total. The molecule has 0 aliphatic rings. The summed E-state index contributed by atoms with van der Waals surface area (Å²) in [5, 5.41) is 7.41. The molecular formula is C9H8BrFN2O2. The maximum absolute atomic E-state index is 13.3. The van der Waals surface area contributed by atoms with Gasteiger partial charge in [0.2, 0.25) is 0 Å². The second-order valence-corrected chi connectivity index (χ2v) is 3.54. The van der Waals surface area contributed by atoms with Crippen molar-refractivity contribution in [1.82, 2.24) is 0 Å². The number of benzene rings is 1. The van der Waals surface area contributed by atoms with Gasteiger partial charge in [0, 0.05) is 5.56 Å². The number of halogens is 2. The van der Waals surface area contributed by atoms with Crippen LogP contribution in [0.1, 0.15) is 5.56 Å². The maximum Gasteiger partial charge on any atom is 0.356 e. The van der Waals surface area contributed by atoms with Crippen LogP contribution in [0, 0.1) is 11.2 Å². The van der Waals surface area contributed by atoms with Gasteiger partial charge in [0.15, 0.2) is 5.82 Å². The van der Waals surface area contributed by atoms with Gasteiger partial charge >= 0.3 is 5.97 Å². The molecule has 1 rings (SSSR count). The number of nitrogens with one attached hydrogen (secondary N) is 1. The zero-order chi connectivity index (χ0) is 11.6. The van der Waals surface area contributed by atoms with Crippen molar-refractivity contribution in [2.45, 2.75) is 0 Å². The minimum atomic E-state index is -0.858. The molecule has 80 valence electrons. The van der Waals surface area contributed by atoms with Gasteiger partial charge < -0.3 is 10.5 Å². The van der Waals surface area contributed by atoms with E-state index < -0.39 is 17.5 Å².